The van der Waals surface area contributed by atoms with Gasteiger partial charge in [0, 0.05) is 5.69 Å². The van der Waals surface area contributed by atoms with E-state index in [1.807, 2.05) is 12.1 Å². The fourth-order valence-corrected chi connectivity index (χ4v) is 2.13. The monoisotopic (exact) mass is 268 g/mol. The lowest BCUT2D eigenvalue weighted by Crippen LogP contribution is -2.43. The van der Waals surface area contributed by atoms with E-state index in [9.17, 15) is 4.79 Å². The van der Waals surface area contributed by atoms with Crippen molar-refractivity contribution in [1.29, 1.82) is 0 Å². The lowest BCUT2D eigenvalue weighted by molar-refractivity contribution is -0.118. The van der Waals surface area contributed by atoms with Crippen LogP contribution in [0.15, 0.2) is 24.3 Å². The molecule has 1 saturated heterocycles. The van der Waals surface area contributed by atoms with E-state index >= 15 is 0 Å². The number of benzene rings is 1. The van der Waals surface area contributed by atoms with Crippen LogP contribution in [0.2, 0.25) is 0 Å². The van der Waals surface area contributed by atoms with E-state index in [-0.39, 0.29) is 24.4 Å². The van der Waals surface area contributed by atoms with E-state index in [2.05, 4.69) is 29.7 Å². The van der Waals surface area contributed by atoms with Crippen molar-refractivity contribution in [2.75, 3.05) is 11.9 Å². The highest BCUT2D eigenvalue weighted by atomic mass is 35.5. The largest absolute Gasteiger partial charge is 0.325 e. The summed E-state index contributed by atoms with van der Waals surface area (Å²) in [5.74, 6) is 0.0916. The molecule has 3 nitrogen and oxygen atoms in total. The lowest BCUT2D eigenvalue weighted by atomic mass is 10.0. The maximum atomic E-state index is 11.9. The molecule has 100 valence electrons. The summed E-state index contributed by atoms with van der Waals surface area (Å²) in [6.07, 6.45) is 4.28. The van der Waals surface area contributed by atoms with Crippen LogP contribution >= 0.6 is 12.4 Å². The molecule has 0 aliphatic carbocycles. The van der Waals surface area contributed by atoms with Crippen LogP contribution in [-0.2, 0) is 11.2 Å². The summed E-state index contributed by atoms with van der Waals surface area (Å²) >= 11 is 0. The van der Waals surface area contributed by atoms with Crippen molar-refractivity contribution in [2.45, 2.75) is 38.6 Å². The Hall–Kier alpha value is -1.06. The summed E-state index contributed by atoms with van der Waals surface area (Å²) < 4.78 is 0. The number of nitrogens with one attached hydrogen (secondary N) is 2. The van der Waals surface area contributed by atoms with Crippen LogP contribution in [0.5, 0.6) is 0 Å². The minimum atomic E-state index is -0.0189. The molecule has 1 fully saturated rings. The third kappa shape index (κ3) is 4.00. The average Bonchev–Trinajstić information content (AvgIpc) is 2.40. The molecule has 1 aromatic rings. The molecule has 1 aliphatic heterocycles. The van der Waals surface area contributed by atoms with Crippen molar-refractivity contribution in [2.24, 2.45) is 0 Å². The first-order chi connectivity index (χ1) is 8.29. The minimum absolute atomic E-state index is 0. The molecule has 1 aromatic carbocycles. The minimum Gasteiger partial charge on any atom is -0.325 e. The molecule has 18 heavy (non-hydrogen) atoms. The zero-order valence-electron chi connectivity index (χ0n) is 10.7. The topological polar surface area (TPSA) is 41.1 Å². The Morgan fingerprint density at radius 3 is 2.61 bits per heavy atom. The second kappa shape index (κ2) is 7.39. The van der Waals surface area contributed by atoms with E-state index in [1.54, 1.807) is 0 Å². The Labute approximate surface area is 115 Å². The molecule has 0 saturated carbocycles. The fraction of sp³-hybridized carbons (Fsp3) is 0.500. The van der Waals surface area contributed by atoms with Crippen LogP contribution in [0.3, 0.4) is 0 Å². The van der Waals surface area contributed by atoms with Gasteiger partial charge in [0.25, 0.3) is 0 Å². The Bertz CT molecular complexity index is 372. The first-order valence-electron chi connectivity index (χ1n) is 6.43. The molecule has 1 unspecified atom stereocenters. The van der Waals surface area contributed by atoms with Gasteiger partial charge in [-0.15, -0.1) is 12.4 Å². The van der Waals surface area contributed by atoms with E-state index in [0.29, 0.717) is 0 Å². The predicted octanol–water partition coefficient (Wildman–Crippen LogP) is 2.75. The number of hydrogen-bond acceptors (Lipinski definition) is 2. The number of carbonyl (C=O) groups excluding carboxylic acids is 1. The Kier molecular flexibility index (Phi) is 6.16. The number of rotatable bonds is 3. The first kappa shape index (κ1) is 15.0. The summed E-state index contributed by atoms with van der Waals surface area (Å²) in [4.78, 5) is 11.9. The SMILES string of the molecule is CCc1ccc(NC(=O)C2CCCCN2)cc1.Cl. The van der Waals surface area contributed by atoms with E-state index in [0.717, 1.165) is 31.5 Å². The molecule has 0 aromatic heterocycles. The zero-order chi connectivity index (χ0) is 12.1. The number of amides is 1. The van der Waals surface area contributed by atoms with Crippen LogP contribution in [0.25, 0.3) is 0 Å². The summed E-state index contributed by atoms with van der Waals surface area (Å²) in [6.45, 7) is 3.08. The van der Waals surface area contributed by atoms with Crippen molar-refractivity contribution in [1.82, 2.24) is 5.32 Å². The molecule has 1 heterocycles. The molecule has 0 spiro atoms. The van der Waals surface area contributed by atoms with E-state index in [4.69, 9.17) is 0 Å². The van der Waals surface area contributed by atoms with Crippen LogP contribution < -0.4 is 10.6 Å². The van der Waals surface area contributed by atoms with Gasteiger partial charge in [-0.1, -0.05) is 25.5 Å². The molecule has 2 rings (SSSR count). The number of piperidine rings is 1. The Morgan fingerprint density at radius 2 is 2.06 bits per heavy atom. The highest BCUT2D eigenvalue weighted by Gasteiger charge is 2.20. The molecule has 1 atom stereocenters. The molecule has 1 amide bonds. The molecule has 1 aliphatic rings. The van der Waals surface area contributed by atoms with Gasteiger partial charge in [0.1, 0.15) is 0 Å². The van der Waals surface area contributed by atoms with Gasteiger partial charge in [-0.2, -0.15) is 0 Å². The number of anilines is 1. The summed E-state index contributed by atoms with van der Waals surface area (Å²) in [7, 11) is 0. The Balaban J connectivity index is 0.00000162. The van der Waals surface area contributed by atoms with Crippen molar-refractivity contribution in [3.8, 4) is 0 Å². The molecule has 2 N–H and O–H groups in total. The van der Waals surface area contributed by atoms with Crippen molar-refractivity contribution in [3.63, 3.8) is 0 Å². The third-order valence-corrected chi connectivity index (χ3v) is 3.26. The number of hydrogen-bond donors (Lipinski definition) is 2. The van der Waals surface area contributed by atoms with Gasteiger partial charge >= 0.3 is 0 Å². The van der Waals surface area contributed by atoms with Crippen molar-refractivity contribution in [3.05, 3.63) is 29.8 Å². The Morgan fingerprint density at radius 1 is 1.33 bits per heavy atom. The first-order valence-corrected chi connectivity index (χ1v) is 6.43. The van der Waals surface area contributed by atoms with Gasteiger partial charge in [0.2, 0.25) is 5.91 Å². The van der Waals surface area contributed by atoms with E-state index in [1.165, 1.54) is 12.0 Å². The lowest BCUT2D eigenvalue weighted by Gasteiger charge is -2.22. The summed E-state index contributed by atoms with van der Waals surface area (Å²) in [5.41, 5.74) is 2.18. The molecule has 0 radical (unpaired) electrons. The highest BCUT2D eigenvalue weighted by Crippen LogP contribution is 2.13. The number of aryl methyl sites for hydroxylation is 1. The number of carbonyl (C=O) groups is 1. The molecule has 0 bridgehead atoms. The molecular weight excluding hydrogens is 248 g/mol. The van der Waals surface area contributed by atoms with Crippen molar-refractivity contribution >= 4 is 24.0 Å². The standard InChI is InChI=1S/C14H20N2O.ClH/c1-2-11-6-8-12(9-7-11)16-14(17)13-5-3-4-10-15-13;/h6-9,13,15H,2-5,10H2,1H3,(H,16,17);1H. The van der Waals surface area contributed by atoms with Gasteiger partial charge in [-0.25, -0.2) is 0 Å². The molecule has 4 heteroatoms. The smallest absolute Gasteiger partial charge is 0.241 e. The highest BCUT2D eigenvalue weighted by molar-refractivity contribution is 5.94. The maximum absolute atomic E-state index is 11.9. The zero-order valence-corrected chi connectivity index (χ0v) is 11.6. The van der Waals surface area contributed by atoms with Gasteiger partial charge in [-0.05, 0) is 43.5 Å². The van der Waals surface area contributed by atoms with Crippen LogP contribution in [0, 0.1) is 0 Å². The van der Waals surface area contributed by atoms with Gasteiger partial charge in [0.05, 0.1) is 6.04 Å². The van der Waals surface area contributed by atoms with Gasteiger partial charge in [-0.3, -0.25) is 4.79 Å². The van der Waals surface area contributed by atoms with Crippen LogP contribution in [0.4, 0.5) is 5.69 Å². The van der Waals surface area contributed by atoms with E-state index < -0.39 is 0 Å². The van der Waals surface area contributed by atoms with Gasteiger partial charge in [0.15, 0.2) is 0 Å². The summed E-state index contributed by atoms with van der Waals surface area (Å²) in [6, 6.07) is 8.04. The summed E-state index contributed by atoms with van der Waals surface area (Å²) in [5, 5.41) is 6.21. The molecular formula is C14H21ClN2O. The second-order valence-corrected chi connectivity index (χ2v) is 4.54. The van der Waals surface area contributed by atoms with Gasteiger partial charge < -0.3 is 10.6 Å². The quantitative estimate of drug-likeness (QED) is 0.885. The van der Waals surface area contributed by atoms with Crippen LogP contribution in [-0.4, -0.2) is 18.5 Å². The third-order valence-electron chi connectivity index (χ3n) is 3.26. The fourth-order valence-electron chi connectivity index (χ4n) is 2.13. The second-order valence-electron chi connectivity index (χ2n) is 4.54. The normalized spacial score (nSPS) is 18.8. The predicted molar refractivity (Wildman–Crippen MR) is 77.3 cm³/mol. The maximum Gasteiger partial charge on any atom is 0.241 e. The van der Waals surface area contributed by atoms with Crippen LogP contribution in [0.1, 0.15) is 31.7 Å². The number of halogens is 1. The average molecular weight is 269 g/mol. The van der Waals surface area contributed by atoms with Crippen molar-refractivity contribution < 1.29 is 4.79 Å².